The molecule has 0 radical (unpaired) electrons. The summed E-state index contributed by atoms with van der Waals surface area (Å²) in [6, 6.07) is 15.3. The Morgan fingerprint density at radius 2 is 1.91 bits per heavy atom. The summed E-state index contributed by atoms with van der Waals surface area (Å²) in [6.45, 7) is 1.56. The Hall–Kier alpha value is -2.39. The van der Waals surface area contributed by atoms with E-state index in [1.54, 1.807) is 23.1 Å². The molecule has 1 atom stereocenters. The van der Waals surface area contributed by atoms with Gasteiger partial charge in [0.1, 0.15) is 10.9 Å². The molecule has 0 bridgehead atoms. The highest BCUT2D eigenvalue weighted by Crippen LogP contribution is 2.33. The topological polar surface area (TPSA) is 53.1 Å². The molecule has 2 fully saturated rings. The van der Waals surface area contributed by atoms with Gasteiger partial charge in [0, 0.05) is 44.5 Å². The molecule has 0 saturated carbocycles. The van der Waals surface area contributed by atoms with Gasteiger partial charge in [-0.25, -0.2) is 0 Å². The van der Waals surface area contributed by atoms with Crippen LogP contribution >= 0.6 is 35.6 Å². The van der Waals surface area contributed by atoms with Gasteiger partial charge in [0.2, 0.25) is 5.91 Å². The van der Waals surface area contributed by atoms with Crippen molar-refractivity contribution in [2.24, 2.45) is 0 Å². The maximum absolute atomic E-state index is 13.4. The van der Waals surface area contributed by atoms with Crippen LogP contribution in [0.2, 0.25) is 5.02 Å². The first-order valence-electron chi connectivity index (χ1n) is 11.5. The van der Waals surface area contributed by atoms with Crippen LogP contribution in [-0.2, 0) is 20.9 Å². The third-order valence-corrected chi connectivity index (χ3v) is 7.59. The number of thioether (sulfide) groups is 1. The van der Waals surface area contributed by atoms with Crippen molar-refractivity contribution in [3.8, 4) is 0 Å². The minimum Gasteiger partial charge on any atom is -0.378 e. The van der Waals surface area contributed by atoms with Crippen molar-refractivity contribution >= 4 is 63.5 Å². The molecular formula is C26H28ClN3O3S2. The van der Waals surface area contributed by atoms with E-state index in [1.165, 1.54) is 16.7 Å². The van der Waals surface area contributed by atoms with Crippen LogP contribution in [0.15, 0.2) is 53.4 Å². The Morgan fingerprint density at radius 3 is 2.54 bits per heavy atom. The van der Waals surface area contributed by atoms with Gasteiger partial charge in [-0.15, -0.1) is 0 Å². The van der Waals surface area contributed by atoms with Gasteiger partial charge in [0.15, 0.2) is 0 Å². The molecule has 9 heteroatoms. The number of ether oxygens (including phenoxy) is 1. The molecule has 2 aromatic rings. The Balaban J connectivity index is 1.47. The summed E-state index contributed by atoms with van der Waals surface area (Å²) in [5.74, 6) is -0.406. The molecule has 2 aliphatic rings. The SMILES string of the molecule is CN(C)c1ccc(CN(CC2CCCO2)C(=O)CN2C(=O)/C(=C/c3ccc(Cl)cc3)SC2=S)cc1. The number of carbonyl (C=O) groups excluding carboxylic acids is 2. The minimum atomic E-state index is -0.254. The first-order valence-corrected chi connectivity index (χ1v) is 13.1. The van der Waals surface area contributed by atoms with Gasteiger partial charge in [-0.3, -0.25) is 14.5 Å². The number of rotatable bonds is 8. The van der Waals surface area contributed by atoms with Gasteiger partial charge >= 0.3 is 0 Å². The van der Waals surface area contributed by atoms with Crippen molar-refractivity contribution in [3.63, 3.8) is 0 Å². The molecule has 2 saturated heterocycles. The van der Waals surface area contributed by atoms with Crippen LogP contribution in [0.5, 0.6) is 0 Å². The Bertz CT molecular complexity index is 1110. The molecule has 1 unspecified atom stereocenters. The zero-order valence-electron chi connectivity index (χ0n) is 19.8. The lowest BCUT2D eigenvalue weighted by Crippen LogP contribution is -2.44. The third kappa shape index (κ3) is 6.64. The number of anilines is 1. The maximum Gasteiger partial charge on any atom is 0.266 e. The van der Waals surface area contributed by atoms with E-state index in [1.807, 2.05) is 55.4 Å². The van der Waals surface area contributed by atoms with Gasteiger partial charge < -0.3 is 14.5 Å². The summed E-state index contributed by atoms with van der Waals surface area (Å²) in [5, 5.41) is 0.628. The fraction of sp³-hybridized carbons (Fsp3) is 0.346. The second kappa shape index (κ2) is 11.6. The number of amides is 2. The van der Waals surface area contributed by atoms with E-state index in [2.05, 4.69) is 0 Å². The monoisotopic (exact) mass is 529 g/mol. The highest BCUT2D eigenvalue weighted by molar-refractivity contribution is 8.26. The molecule has 2 aliphatic heterocycles. The van der Waals surface area contributed by atoms with Crippen LogP contribution in [0, 0.1) is 0 Å². The van der Waals surface area contributed by atoms with E-state index in [0.717, 1.165) is 29.7 Å². The number of nitrogens with zero attached hydrogens (tertiary/aromatic N) is 3. The van der Waals surface area contributed by atoms with Crippen molar-refractivity contribution in [2.75, 3.05) is 38.7 Å². The van der Waals surface area contributed by atoms with Crippen LogP contribution in [0.25, 0.3) is 6.08 Å². The average Bonchev–Trinajstić information content (AvgIpc) is 3.44. The fourth-order valence-electron chi connectivity index (χ4n) is 3.99. The van der Waals surface area contributed by atoms with Crippen molar-refractivity contribution in [2.45, 2.75) is 25.5 Å². The van der Waals surface area contributed by atoms with Crippen LogP contribution in [0.3, 0.4) is 0 Å². The predicted octanol–water partition coefficient (Wildman–Crippen LogP) is 4.82. The Kier molecular flexibility index (Phi) is 8.49. The van der Waals surface area contributed by atoms with Gasteiger partial charge in [-0.2, -0.15) is 0 Å². The van der Waals surface area contributed by atoms with E-state index >= 15 is 0 Å². The summed E-state index contributed by atoms with van der Waals surface area (Å²) in [7, 11) is 3.98. The molecule has 0 aromatic heterocycles. The zero-order chi connectivity index (χ0) is 24.9. The highest BCUT2D eigenvalue weighted by atomic mass is 35.5. The minimum absolute atomic E-state index is 0.0102. The van der Waals surface area contributed by atoms with Crippen LogP contribution in [0.1, 0.15) is 24.0 Å². The Labute approximate surface area is 220 Å². The van der Waals surface area contributed by atoms with Crippen LogP contribution in [0.4, 0.5) is 5.69 Å². The maximum atomic E-state index is 13.4. The Morgan fingerprint density at radius 1 is 1.20 bits per heavy atom. The smallest absolute Gasteiger partial charge is 0.266 e. The largest absolute Gasteiger partial charge is 0.378 e. The molecule has 35 heavy (non-hydrogen) atoms. The van der Waals surface area contributed by atoms with E-state index in [0.29, 0.717) is 33.9 Å². The lowest BCUT2D eigenvalue weighted by Gasteiger charge is -2.27. The van der Waals surface area contributed by atoms with Crippen molar-refractivity contribution in [3.05, 3.63) is 69.6 Å². The van der Waals surface area contributed by atoms with Gasteiger partial charge in [-0.05, 0) is 54.3 Å². The fourth-order valence-corrected chi connectivity index (χ4v) is 5.37. The first kappa shape index (κ1) is 25.7. The van der Waals surface area contributed by atoms with E-state index < -0.39 is 0 Å². The summed E-state index contributed by atoms with van der Waals surface area (Å²) < 4.78 is 6.18. The van der Waals surface area contributed by atoms with Gasteiger partial charge in [-0.1, -0.05) is 59.8 Å². The third-order valence-electron chi connectivity index (χ3n) is 5.96. The molecule has 2 amide bonds. The number of thiocarbonyl (C=S) groups is 1. The van der Waals surface area contributed by atoms with E-state index in [4.69, 9.17) is 28.6 Å². The number of hydrogen-bond acceptors (Lipinski definition) is 6. The van der Waals surface area contributed by atoms with Gasteiger partial charge in [0.25, 0.3) is 5.91 Å². The lowest BCUT2D eigenvalue weighted by molar-refractivity contribution is -0.137. The van der Waals surface area contributed by atoms with Gasteiger partial charge in [0.05, 0.1) is 11.0 Å². The molecule has 2 heterocycles. The molecule has 0 N–H and O–H groups in total. The second-order valence-corrected chi connectivity index (χ2v) is 10.9. The number of benzene rings is 2. The molecular weight excluding hydrogens is 502 g/mol. The number of halogens is 1. The standard InChI is InChI=1S/C26H28ClN3O3S2/c1-28(2)21-11-7-19(8-12-21)15-29(16-22-4-3-13-33-22)24(31)17-30-25(32)23(35-26(30)34)14-18-5-9-20(27)10-6-18/h5-12,14,22H,3-4,13,15-17H2,1-2H3/b23-14-. The van der Waals surface area contributed by atoms with Crippen LogP contribution in [-0.4, -0.2) is 65.8 Å². The molecule has 4 rings (SSSR count). The van der Waals surface area contributed by atoms with E-state index in [9.17, 15) is 9.59 Å². The molecule has 0 aliphatic carbocycles. The summed E-state index contributed by atoms with van der Waals surface area (Å²) in [6.07, 6.45) is 3.70. The summed E-state index contributed by atoms with van der Waals surface area (Å²) >= 11 is 12.6. The molecule has 184 valence electrons. The summed E-state index contributed by atoms with van der Waals surface area (Å²) in [5.41, 5.74) is 2.97. The first-order chi connectivity index (χ1) is 16.8. The lowest BCUT2D eigenvalue weighted by atomic mass is 10.1. The average molecular weight is 530 g/mol. The molecule has 2 aromatic carbocycles. The molecule has 0 spiro atoms. The van der Waals surface area contributed by atoms with Crippen molar-refractivity contribution in [1.82, 2.24) is 9.80 Å². The highest BCUT2D eigenvalue weighted by Gasteiger charge is 2.35. The van der Waals surface area contributed by atoms with Crippen LogP contribution < -0.4 is 4.90 Å². The van der Waals surface area contributed by atoms with E-state index in [-0.39, 0.29) is 24.5 Å². The quantitative estimate of drug-likeness (QED) is 0.361. The number of carbonyl (C=O) groups is 2. The second-order valence-electron chi connectivity index (χ2n) is 8.79. The van der Waals surface area contributed by atoms with Crippen molar-refractivity contribution < 1.29 is 14.3 Å². The van der Waals surface area contributed by atoms with Crippen molar-refractivity contribution in [1.29, 1.82) is 0 Å². The predicted molar refractivity (Wildman–Crippen MR) is 146 cm³/mol. The number of hydrogen-bond donors (Lipinski definition) is 0. The summed E-state index contributed by atoms with van der Waals surface area (Å²) in [4.78, 5) is 32.2. The normalized spacial score (nSPS) is 19.0. The molecule has 6 nitrogen and oxygen atoms in total. The zero-order valence-corrected chi connectivity index (χ0v) is 22.2.